The SMILES string of the molecule is C[C@@H](Nc1ncnc2c1cc(C1=C[C@H]3CNC[C@@H](C1)O3)c(=O)n2C)c1cccc(C(F)F)c1F. The van der Waals surface area contributed by atoms with Crippen LogP contribution < -0.4 is 16.2 Å². The molecule has 2 aliphatic heterocycles. The van der Waals surface area contributed by atoms with Gasteiger partial charge >= 0.3 is 0 Å². The van der Waals surface area contributed by atoms with Crippen LogP contribution in [0.15, 0.2) is 41.5 Å². The summed E-state index contributed by atoms with van der Waals surface area (Å²) < 4.78 is 48.4. The number of anilines is 1. The maximum Gasteiger partial charge on any atom is 0.266 e. The molecule has 3 atom stereocenters. The molecule has 0 radical (unpaired) electrons. The van der Waals surface area contributed by atoms with Crippen molar-refractivity contribution in [1.82, 2.24) is 19.9 Å². The summed E-state index contributed by atoms with van der Waals surface area (Å²) in [7, 11) is 1.64. The zero-order valence-electron chi connectivity index (χ0n) is 18.7. The van der Waals surface area contributed by atoms with Crippen molar-refractivity contribution in [2.75, 3.05) is 18.4 Å². The minimum atomic E-state index is -2.91. The molecule has 0 spiro atoms. The molecule has 0 aliphatic carbocycles. The molecule has 0 saturated carbocycles. The van der Waals surface area contributed by atoms with E-state index in [1.807, 2.05) is 6.08 Å². The number of nitrogens with zero attached hydrogens (tertiary/aromatic N) is 3. The molecule has 2 bridgehead atoms. The highest BCUT2D eigenvalue weighted by molar-refractivity contribution is 5.89. The summed E-state index contributed by atoms with van der Waals surface area (Å²) in [4.78, 5) is 21.7. The Morgan fingerprint density at radius 3 is 2.79 bits per heavy atom. The highest BCUT2D eigenvalue weighted by Gasteiger charge is 2.29. The van der Waals surface area contributed by atoms with Crippen LogP contribution in [-0.2, 0) is 11.8 Å². The van der Waals surface area contributed by atoms with E-state index in [4.69, 9.17) is 4.74 Å². The lowest BCUT2D eigenvalue weighted by Gasteiger charge is -2.34. The number of nitrogens with one attached hydrogen (secondary N) is 2. The molecule has 7 nitrogen and oxygen atoms in total. The van der Waals surface area contributed by atoms with Gasteiger partial charge in [0, 0.05) is 37.7 Å². The fourth-order valence-electron chi connectivity index (χ4n) is 4.65. The molecule has 0 amide bonds. The van der Waals surface area contributed by atoms with Crippen LogP contribution in [0.4, 0.5) is 19.0 Å². The van der Waals surface area contributed by atoms with E-state index in [0.29, 0.717) is 35.4 Å². The maximum atomic E-state index is 14.7. The largest absolute Gasteiger partial charge is 0.368 e. The monoisotopic (exact) mass is 471 g/mol. The van der Waals surface area contributed by atoms with Crippen molar-refractivity contribution in [3.05, 3.63) is 69.5 Å². The Labute approximate surface area is 193 Å². The Morgan fingerprint density at radius 2 is 2.03 bits per heavy atom. The first-order chi connectivity index (χ1) is 16.3. The van der Waals surface area contributed by atoms with Gasteiger partial charge in [0.25, 0.3) is 12.0 Å². The third-order valence-corrected chi connectivity index (χ3v) is 6.38. The number of aromatic nitrogens is 3. The number of halogens is 3. The van der Waals surface area contributed by atoms with Gasteiger partial charge < -0.3 is 15.4 Å². The number of rotatable bonds is 5. The van der Waals surface area contributed by atoms with Gasteiger partial charge in [-0.1, -0.05) is 24.3 Å². The molecule has 1 aromatic carbocycles. The predicted molar refractivity (Wildman–Crippen MR) is 122 cm³/mol. The highest BCUT2D eigenvalue weighted by Crippen LogP contribution is 2.32. The molecular weight excluding hydrogens is 447 g/mol. The Kier molecular flexibility index (Phi) is 5.86. The van der Waals surface area contributed by atoms with Crippen LogP contribution in [0.2, 0.25) is 0 Å². The maximum absolute atomic E-state index is 14.7. The Balaban J connectivity index is 1.56. The van der Waals surface area contributed by atoms with Crippen LogP contribution in [0.3, 0.4) is 0 Å². The Hall–Kier alpha value is -3.24. The van der Waals surface area contributed by atoms with E-state index in [9.17, 15) is 18.0 Å². The van der Waals surface area contributed by atoms with Gasteiger partial charge in [-0.2, -0.15) is 0 Å². The molecular formula is C24H24F3N5O2. The van der Waals surface area contributed by atoms with Crippen LogP contribution in [0.1, 0.15) is 42.5 Å². The summed E-state index contributed by atoms with van der Waals surface area (Å²) in [5, 5.41) is 7.01. The topological polar surface area (TPSA) is 81.1 Å². The van der Waals surface area contributed by atoms with E-state index in [1.54, 1.807) is 20.0 Å². The molecule has 2 N–H and O–H groups in total. The minimum Gasteiger partial charge on any atom is -0.368 e. The first-order valence-corrected chi connectivity index (χ1v) is 11.1. The van der Waals surface area contributed by atoms with Crippen LogP contribution >= 0.6 is 0 Å². The summed E-state index contributed by atoms with van der Waals surface area (Å²) in [6.45, 7) is 3.07. The molecule has 3 aromatic rings. The van der Waals surface area contributed by atoms with Crippen molar-refractivity contribution in [2.45, 2.75) is 38.0 Å². The third kappa shape index (κ3) is 3.97. The Bertz CT molecular complexity index is 1340. The van der Waals surface area contributed by atoms with E-state index in [2.05, 4.69) is 20.6 Å². The highest BCUT2D eigenvalue weighted by atomic mass is 19.3. The van der Waals surface area contributed by atoms with Gasteiger partial charge in [-0.05, 0) is 18.6 Å². The molecule has 1 fully saturated rings. The van der Waals surface area contributed by atoms with Crippen molar-refractivity contribution < 1.29 is 17.9 Å². The van der Waals surface area contributed by atoms with Crippen LogP contribution in [0.5, 0.6) is 0 Å². The quantitative estimate of drug-likeness (QED) is 0.591. The summed E-state index contributed by atoms with van der Waals surface area (Å²) >= 11 is 0. The second-order valence-electron chi connectivity index (χ2n) is 8.65. The molecule has 5 rings (SSSR count). The second kappa shape index (κ2) is 8.84. The van der Waals surface area contributed by atoms with Crippen molar-refractivity contribution in [2.24, 2.45) is 7.05 Å². The lowest BCUT2D eigenvalue weighted by molar-refractivity contribution is -0.0158. The molecule has 34 heavy (non-hydrogen) atoms. The van der Waals surface area contributed by atoms with E-state index in [1.165, 1.54) is 23.0 Å². The van der Waals surface area contributed by atoms with Crippen molar-refractivity contribution >= 4 is 22.4 Å². The van der Waals surface area contributed by atoms with Crippen LogP contribution in [0, 0.1) is 5.82 Å². The number of benzene rings is 1. The van der Waals surface area contributed by atoms with Crippen molar-refractivity contribution in [1.29, 1.82) is 0 Å². The van der Waals surface area contributed by atoms with Crippen LogP contribution in [0.25, 0.3) is 16.6 Å². The van der Waals surface area contributed by atoms with Gasteiger partial charge in [0.1, 0.15) is 23.6 Å². The first-order valence-electron chi connectivity index (χ1n) is 11.1. The fourth-order valence-corrected chi connectivity index (χ4v) is 4.65. The minimum absolute atomic E-state index is 0.00567. The van der Waals surface area contributed by atoms with Gasteiger partial charge in [-0.15, -0.1) is 0 Å². The molecule has 2 aliphatic rings. The third-order valence-electron chi connectivity index (χ3n) is 6.38. The smallest absolute Gasteiger partial charge is 0.266 e. The number of pyridine rings is 1. The number of hydrogen-bond acceptors (Lipinski definition) is 6. The number of alkyl halides is 2. The molecule has 4 heterocycles. The number of ether oxygens (including phenoxy) is 1. The molecule has 1 saturated heterocycles. The van der Waals surface area contributed by atoms with Crippen LogP contribution in [-0.4, -0.2) is 39.8 Å². The number of hydrogen-bond donors (Lipinski definition) is 2. The zero-order chi connectivity index (χ0) is 24.0. The Morgan fingerprint density at radius 1 is 1.24 bits per heavy atom. The van der Waals surface area contributed by atoms with E-state index in [0.717, 1.165) is 18.2 Å². The molecule has 0 unspecified atom stereocenters. The number of fused-ring (bicyclic) bond motifs is 3. The second-order valence-corrected chi connectivity index (χ2v) is 8.65. The van der Waals surface area contributed by atoms with Crippen molar-refractivity contribution in [3.8, 4) is 0 Å². The van der Waals surface area contributed by atoms with E-state index >= 15 is 0 Å². The summed E-state index contributed by atoms with van der Waals surface area (Å²) in [5.74, 6) is -0.567. The standard InChI is InChI=1S/C24H24F3N5O2/c1-12(16-4-3-5-17(20(16)25)21(26)27)31-22-19-8-18(24(33)32(2)23(19)30-11-29-22)13-6-14-9-28-10-15(7-13)34-14/h3-6,8,11-12,14-15,21,28H,7,9-10H2,1-2H3,(H,29,30,31)/t12-,14+,15-/m1/s1. The first kappa shape index (κ1) is 22.5. The normalized spacial score (nSPS) is 20.9. The lowest BCUT2D eigenvalue weighted by Crippen LogP contribution is -2.46. The van der Waals surface area contributed by atoms with Gasteiger partial charge in [0.15, 0.2) is 0 Å². The number of aryl methyl sites for hydroxylation is 1. The van der Waals surface area contributed by atoms with Crippen molar-refractivity contribution in [3.63, 3.8) is 0 Å². The van der Waals surface area contributed by atoms with Gasteiger partial charge in [0.05, 0.1) is 29.2 Å². The van der Waals surface area contributed by atoms with Gasteiger partial charge in [-0.3, -0.25) is 9.36 Å². The summed E-state index contributed by atoms with van der Waals surface area (Å²) in [6, 6.07) is 5.03. The number of morpholine rings is 1. The van der Waals surface area contributed by atoms with E-state index < -0.39 is 23.8 Å². The zero-order valence-corrected chi connectivity index (χ0v) is 18.7. The lowest BCUT2D eigenvalue weighted by atomic mass is 9.94. The summed E-state index contributed by atoms with van der Waals surface area (Å²) in [5.41, 5.74) is 1.13. The molecule has 178 valence electrons. The average molecular weight is 471 g/mol. The van der Waals surface area contributed by atoms with E-state index in [-0.39, 0.29) is 23.3 Å². The fraction of sp³-hybridized carbons (Fsp3) is 0.375. The van der Waals surface area contributed by atoms with Gasteiger partial charge in [0.2, 0.25) is 0 Å². The average Bonchev–Trinajstić information content (AvgIpc) is 2.81. The molecule has 10 heteroatoms. The summed E-state index contributed by atoms with van der Waals surface area (Å²) in [6.07, 6.45) is 0.864. The predicted octanol–water partition coefficient (Wildman–Crippen LogP) is 3.72. The molecule has 2 aromatic heterocycles. The van der Waals surface area contributed by atoms with Gasteiger partial charge in [-0.25, -0.2) is 23.1 Å².